The Morgan fingerprint density at radius 1 is 0.967 bits per heavy atom. The molecule has 1 saturated heterocycles. The van der Waals surface area contributed by atoms with E-state index in [9.17, 15) is 14.7 Å². The first-order valence-electron chi connectivity index (χ1n) is 9.73. The van der Waals surface area contributed by atoms with Crippen LogP contribution >= 0.6 is 0 Å². The molecule has 4 aromatic rings. The van der Waals surface area contributed by atoms with Gasteiger partial charge in [-0.3, -0.25) is 9.59 Å². The van der Waals surface area contributed by atoms with Gasteiger partial charge in [0, 0.05) is 48.1 Å². The quantitative estimate of drug-likeness (QED) is 0.443. The van der Waals surface area contributed by atoms with Crippen LogP contribution < -0.4 is 10.9 Å². The minimum atomic E-state index is -0.322. The third-order valence-electron chi connectivity index (χ3n) is 5.41. The van der Waals surface area contributed by atoms with E-state index in [2.05, 4.69) is 20.5 Å². The minimum Gasteiger partial charge on any atom is -0.507 e. The van der Waals surface area contributed by atoms with E-state index in [0.29, 0.717) is 51.7 Å². The van der Waals surface area contributed by atoms with Crippen LogP contribution in [0.4, 0.5) is 0 Å². The second kappa shape index (κ2) is 7.23. The number of H-pyrrole nitrogens is 1. The van der Waals surface area contributed by atoms with E-state index in [4.69, 9.17) is 0 Å². The van der Waals surface area contributed by atoms with E-state index in [1.807, 2.05) is 0 Å². The molecule has 0 bridgehead atoms. The molecule has 0 radical (unpaired) electrons. The van der Waals surface area contributed by atoms with Gasteiger partial charge in [-0.05, 0) is 35.7 Å². The van der Waals surface area contributed by atoms with Crippen LogP contribution in [0.25, 0.3) is 33.1 Å². The third-order valence-corrected chi connectivity index (χ3v) is 5.41. The second-order valence-corrected chi connectivity index (χ2v) is 7.27. The monoisotopic (exact) mass is 401 g/mol. The van der Waals surface area contributed by atoms with E-state index >= 15 is 0 Å². The lowest BCUT2D eigenvalue weighted by atomic mass is 10.0. The summed E-state index contributed by atoms with van der Waals surface area (Å²) in [5.74, 6) is 0.0180. The van der Waals surface area contributed by atoms with Gasteiger partial charge in [0.15, 0.2) is 5.65 Å². The van der Waals surface area contributed by atoms with Gasteiger partial charge in [-0.1, -0.05) is 18.2 Å². The van der Waals surface area contributed by atoms with Gasteiger partial charge < -0.3 is 20.3 Å². The number of rotatable bonds is 2. The number of carbonyl (C=O) groups excluding carboxylic acids is 1. The maximum atomic E-state index is 12.8. The first-order valence-corrected chi connectivity index (χ1v) is 9.73. The number of benzene rings is 2. The maximum absolute atomic E-state index is 12.8. The van der Waals surface area contributed by atoms with Crippen LogP contribution in [0.1, 0.15) is 10.4 Å². The number of piperazine rings is 1. The molecule has 30 heavy (non-hydrogen) atoms. The zero-order valence-electron chi connectivity index (χ0n) is 16.1. The molecule has 8 nitrogen and oxygen atoms in total. The van der Waals surface area contributed by atoms with E-state index in [1.165, 1.54) is 0 Å². The Bertz CT molecular complexity index is 1340. The molecule has 3 heterocycles. The summed E-state index contributed by atoms with van der Waals surface area (Å²) in [5.41, 5.74) is 1.56. The summed E-state index contributed by atoms with van der Waals surface area (Å²) < 4.78 is 0. The summed E-state index contributed by atoms with van der Waals surface area (Å²) in [5, 5.41) is 23.4. The lowest BCUT2D eigenvalue weighted by molar-refractivity contribution is 0.0736. The molecule has 5 rings (SSSR count). The molecule has 8 heteroatoms. The fraction of sp³-hybridized carbons (Fsp3) is 0.182. The van der Waals surface area contributed by atoms with Crippen molar-refractivity contribution in [2.45, 2.75) is 0 Å². The highest BCUT2D eigenvalue weighted by Crippen LogP contribution is 2.30. The average Bonchev–Trinajstić information content (AvgIpc) is 2.79. The van der Waals surface area contributed by atoms with Gasteiger partial charge in [0.2, 0.25) is 0 Å². The van der Waals surface area contributed by atoms with Crippen LogP contribution in [0.5, 0.6) is 5.75 Å². The van der Waals surface area contributed by atoms with Crippen molar-refractivity contribution in [1.82, 2.24) is 25.4 Å². The van der Waals surface area contributed by atoms with Crippen molar-refractivity contribution in [1.29, 1.82) is 0 Å². The number of phenols is 1. The number of hydrogen-bond acceptors (Lipinski definition) is 6. The second-order valence-electron chi connectivity index (χ2n) is 7.27. The van der Waals surface area contributed by atoms with E-state index in [0.717, 1.165) is 13.1 Å². The van der Waals surface area contributed by atoms with Gasteiger partial charge in [-0.2, -0.15) is 0 Å². The highest BCUT2D eigenvalue weighted by Gasteiger charge is 2.19. The third kappa shape index (κ3) is 3.07. The Morgan fingerprint density at radius 2 is 1.77 bits per heavy atom. The van der Waals surface area contributed by atoms with Crippen LogP contribution in [0.3, 0.4) is 0 Å². The van der Waals surface area contributed by atoms with Crippen molar-refractivity contribution in [2.24, 2.45) is 0 Å². The van der Waals surface area contributed by atoms with Gasteiger partial charge in [-0.25, -0.2) is 0 Å². The smallest absolute Gasteiger partial charge is 0.257 e. The number of pyridine rings is 1. The number of amides is 1. The van der Waals surface area contributed by atoms with Crippen molar-refractivity contribution in [3.05, 3.63) is 64.4 Å². The summed E-state index contributed by atoms with van der Waals surface area (Å²) in [4.78, 5) is 30.0. The highest BCUT2D eigenvalue weighted by molar-refractivity contribution is 6.07. The number of carbonyl (C=O) groups is 1. The Kier molecular flexibility index (Phi) is 4.40. The zero-order valence-corrected chi connectivity index (χ0v) is 16.1. The number of aromatic hydroxyl groups is 1. The molecule has 0 aliphatic carbocycles. The standard InChI is InChI=1S/C22H19N5O3/c28-19-4-2-1-3-15(19)18-12-16-14-6-5-13(22(30)27-9-7-23-8-10-27)11-17(14)21(29)24-20(16)26-25-18/h1-6,11-12,23,28H,7-10H2,(H,24,26,29). The zero-order chi connectivity index (χ0) is 20.7. The van der Waals surface area contributed by atoms with Gasteiger partial charge in [-0.15, -0.1) is 10.2 Å². The molecular formula is C22H19N5O3. The molecule has 0 saturated carbocycles. The molecule has 1 aliphatic heterocycles. The van der Waals surface area contributed by atoms with Crippen molar-refractivity contribution < 1.29 is 9.90 Å². The maximum Gasteiger partial charge on any atom is 0.257 e. The first-order chi connectivity index (χ1) is 14.6. The first kappa shape index (κ1) is 18.3. The predicted octanol–water partition coefficient (Wildman–Crippen LogP) is 1.89. The van der Waals surface area contributed by atoms with E-state index < -0.39 is 0 Å². The molecular weight excluding hydrogens is 382 g/mol. The highest BCUT2D eigenvalue weighted by atomic mass is 16.3. The molecule has 2 aromatic heterocycles. The topological polar surface area (TPSA) is 111 Å². The Hall–Kier alpha value is -3.78. The van der Waals surface area contributed by atoms with Crippen molar-refractivity contribution >= 4 is 27.7 Å². The van der Waals surface area contributed by atoms with Crippen LogP contribution in [0, 0.1) is 0 Å². The Morgan fingerprint density at radius 3 is 2.57 bits per heavy atom. The van der Waals surface area contributed by atoms with Crippen LogP contribution in [0.2, 0.25) is 0 Å². The summed E-state index contributed by atoms with van der Waals surface area (Å²) in [6.45, 7) is 2.81. The summed E-state index contributed by atoms with van der Waals surface area (Å²) in [7, 11) is 0. The molecule has 0 spiro atoms. The Balaban J connectivity index is 1.65. The molecule has 1 fully saturated rings. The van der Waals surface area contributed by atoms with E-state index in [-0.39, 0.29) is 17.2 Å². The van der Waals surface area contributed by atoms with Gasteiger partial charge in [0.1, 0.15) is 5.75 Å². The summed E-state index contributed by atoms with van der Waals surface area (Å²) in [6, 6.07) is 13.8. The number of hydrogen-bond donors (Lipinski definition) is 3. The molecule has 150 valence electrons. The fourth-order valence-electron chi connectivity index (χ4n) is 3.84. The molecule has 0 unspecified atom stereocenters. The minimum absolute atomic E-state index is 0.0827. The van der Waals surface area contributed by atoms with Crippen molar-refractivity contribution in [2.75, 3.05) is 26.2 Å². The predicted molar refractivity (Wildman–Crippen MR) is 114 cm³/mol. The molecule has 3 N–H and O–H groups in total. The number of fused-ring (bicyclic) bond motifs is 3. The summed E-state index contributed by atoms with van der Waals surface area (Å²) >= 11 is 0. The van der Waals surface area contributed by atoms with Gasteiger partial charge >= 0.3 is 0 Å². The molecule has 0 atom stereocenters. The average molecular weight is 401 g/mol. The van der Waals surface area contributed by atoms with Gasteiger partial charge in [0.25, 0.3) is 11.5 Å². The fourth-order valence-corrected chi connectivity index (χ4v) is 3.84. The van der Waals surface area contributed by atoms with Crippen LogP contribution in [0.15, 0.2) is 53.3 Å². The normalized spacial score (nSPS) is 14.3. The largest absolute Gasteiger partial charge is 0.507 e. The molecule has 1 aliphatic rings. The number of aromatic nitrogens is 3. The number of nitrogens with one attached hydrogen (secondary N) is 2. The van der Waals surface area contributed by atoms with E-state index in [1.54, 1.807) is 53.4 Å². The molecule has 1 amide bonds. The SMILES string of the molecule is O=C(c1ccc2c(c1)c(=O)[nH]c1nnc(-c3ccccc3O)cc12)N1CCNCC1. The van der Waals surface area contributed by atoms with Crippen molar-refractivity contribution in [3.8, 4) is 17.0 Å². The Labute approximate surface area is 171 Å². The summed E-state index contributed by atoms with van der Waals surface area (Å²) in [6.07, 6.45) is 0. The van der Waals surface area contributed by atoms with Crippen molar-refractivity contribution in [3.63, 3.8) is 0 Å². The number of nitrogens with zero attached hydrogens (tertiary/aromatic N) is 3. The number of phenolic OH excluding ortho intramolecular Hbond substituents is 1. The number of para-hydroxylation sites is 1. The lowest BCUT2D eigenvalue weighted by Crippen LogP contribution is -2.46. The van der Waals surface area contributed by atoms with Crippen LogP contribution in [-0.4, -0.2) is 57.3 Å². The number of aromatic amines is 1. The lowest BCUT2D eigenvalue weighted by Gasteiger charge is -2.27. The molecule has 2 aromatic carbocycles. The van der Waals surface area contributed by atoms with Gasteiger partial charge in [0.05, 0.1) is 5.69 Å². The van der Waals surface area contributed by atoms with Crippen LogP contribution in [-0.2, 0) is 0 Å².